The minimum absolute atomic E-state index is 0.107. The van der Waals surface area contributed by atoms with Gasteiger partial charge in [0, 0.05) is 25.7 Å². The molecule has 0 aliphatic carbocycles. The van der Waals surface area contributed by atoms with Crippen molar-refractivity contribution in [1.29, 1.82) is 0 Å². The van der Waals surface area contributed by atoms with Gasteiger partial charge >= 0.3 is 39.5 Å². The quantitative estimate of drug-likeness (QED) is 0.0222. The Bertz CT molecular complexity index is 1920. The second-order valence-corrected chi connectivity index (χ2v) is 33.1. The average molecular weight is 1450 g/mol. The summed E-state index contributed by atoms with van der Waals surface area (Å²) >= 11 is 0. The van der Waals surface area contributed by atoms with Crippen LogP contribution in [0, 0.1) is 17.8 Å². The minimum atomic E-state index is -4.96. The van der Waals surface area contributed by atoms with Crippen LogP contribution in [0.2, 0.25) is 0 Å². The number of esters is 4. The molecule has 0 aliphatic heterocycles. The summed E-state index contributed by atoms with van der Waals surface area (Å²) in [6.45, 7) is 12.0. The van der Waals surface area contributed by atoms with Crippen LogP contribution in [0.25, 0.3) is 0 Å². The van der Waals surface area contributed by atoms with Crippen molar-refractivity contribution in [1.82, 2.24) is 0 Å². The fourth-order valence-corrected chi connectivity index (χ4v) is 13.9. The van der Waals surface area contributed by atoms with Gasteiger partial charge in [-0.1, -0.05) is 363 Å². The van der Waals surface area contributed by atoms with Gasteiger partial charge in [0.15, 0.2) is 12.2 Å². The number of unbranched alkanes of at least 4 members (excludes halogenated alkanes) is 46. The molecule has 19 heteroatoms. The first-order chi connectivity index (χ1) is 47.7. The standard InChI is InChI=1S/C80H156O17P2/c1-8-9-10-11-12-13-14-17-26-33-40-47-54-61-77(82)90-68-76(97-80(85)64-57-50-43-36-29-22-25-32-39-46-53-60-73(6)7)70-95-99(88,89)93-66-74(81)65-92-98(86,87)94-69-75(67-91-78(83)62-55-48-41-34-27-21-20-24-31-38-45-52-59-72(4)5)96-79(84)63-56-49-42-35-28-19-16-15-18-23-30-37-44-51-58-71(2)3/h71-76,81H,8-70H2,1-7H3,(H,86,87)(H,88,89)/t74-,75-,76-/m1/s1. The highest BCUT2D eigenvalue weighted by atomic mass is 31.2. The second-order valence-electron chi connectivity index (χ2n) is 30.2. The molecule has 5 atom stereocenters. The van der Waals surface area contributed by atoms with E-state index in [2.05, 4.69) is 48.5 Å². The molecule has 0 radical (unpaired) electrons. The Morgan fingerprint density at radius 3 is 0.687 bits per heavy atom. The number of phosphoric acid groups is 2. The second kappa shape index (κ2) is 70.4. The van der Waals surface area contributed by atoms with Crippen LogP contribution in [0.1, 0.15) is 414 Å². The molecule has 0 aliphatic rings. The normalized spacial score (nSPS) is 14.0. The van der Waals surface area contributed by atoms with Crippen molar-refractivity contribution in [3.63, 3.8) is 0 Å². The van der Waals surface area contributed by atoms with Gasteiger partial charge < -0.3 is 33.8 Å². The monoisotopic (exact) mass is 1450 g/mol. The summed E-state index contributed by atoms with van der Waals surface area (Å²) in [5.74, 6) is 0.232. The molecule has 3 N–H and O–H groups in total. The van der Waals surface area contributed by atoms with Gasteiger partial charge in [-0.15, -0.1) is 0 Å². The van der Waals surface area contributed by atoms with Crippen LogP contribution in [0.3, 0.4) is 0 Å². The lowest BCUT2D eigenvalue weighted by atomic mass is 10.0. The zero-order valence-corrected chi connectivity index (χ0v) is 66.8. The van der Waals surface area contributed by atoms with E-state index in [9.17, 15) is 43.2 Å². The van der Waals surface area contributed by atoms with E-state index >= 15 is 0 Å². The number of aliphatic hydroxyl groups excluding tert-OH is 1. The summed E-state index contributed by atoms with van der Waals surface area (Å²) in [4.78, 5) is 73.0. The molecule has 0 rings (SSSR count). The number of ether oxygens (including phenoxy) is 4. The van der Waals surface area contributed by atoms with Gasteiger partial charge in [-0.3, -0.25) is 37.3 Å². The molecule has 0 heterocycles. The third-order valence-electron chi connectivity index (χ3n) is 18.6. The summed E-state index contributed by atoms with van der Waals surface area (Å²) in [7, 11) is -9.92. The summed E-state index contributed by atoms with van der Waals surface area (Å²) in [6.07, 6.45) is 58.1. The highest BCUT2D eigenvalue weighted by Crippen LogP contribution is 2.45. The average Bonchev–Trinajstić information content (AvgIpc) is 0.986. The van der Waals surface area contributed by atoms with Crippen LogP contribution in [-0.4, -0.2) is 96.7 Å². The molecular formula is C80H156O17P2. The van der Waals surface area contributed by atoms with Crippen molar-refractivity contribution in [2.24, 2.45) is 17.8 Å². The summed E-state index contributed by atoms with van der Waals surface area (Å²) in [5, 5.41) is 10.6. The summed E-state index contributed by atoms with van der Waals surface area (Å²) in [6, 6.07) is 0. The number of rotatable bonds is 78. The molecule has 0 aromatic carbocycles. The van der Waals surface area contributed by atoms with Crippen LogP contribution < -0.4 is 0 Å². The fraction of sp³-hybridized carbons (Fsp3) is 0.950. The largest absolute Gasteiger partial charge is 0.472 e. The highest BCUT2D eigenvalue weighted by Gasteiger charge is 2.30. The molecular weight excluding hydrogens is 1290 g/mol. The molecule has 0 amide bonds. The lowest BCUT2D eigenvalue weighted by molar-refractivity contribution is -0.161. The van der Waals surface area contributed by atoms with Crippen molar-refractivity contribution < 1.29 is 80.2 Å². The van der Waals surface area contributed by atoms with Gasteiger partial charge in [-0.25, -0.2) is 9.13 Å². The Balaban J connectivity index is 5.27. The summed E-state index contributed by atoms with van der Waals surface area (Å²) < 4.78 is 68.7. The molecule has 99 heavy (non-hydrogen) atoms. The number of carbonyl (C=O) groups is 4. The lowest BCUT2D eigenvalue weighted by Gasteiger charge is -2.21. The van der Waals surface area contributed by atoms with Crippen molar-refractivity contribution >= 4 is 39.5 Å². The molecule has 0 aromatic rings. The van der Waals surface area contributed by atoms with Crippen LogP contribution in [0.4, 0.5) is 0 Å². The van der Waals surface area contributed by atoms with E-state index < -0.39 is 97.5 Å². The Labute approximate surface area is 607 Å². The summed E-state index contributed by atoms with van der Waals surface area (Å²) in [5.41, 5.74) is 0. The van der Waals surface area contributed by atoms with Crippen LogP contribution in [-0.2, 0) is 65.4 Å². The van der Waals surface area contributed by atoms with Crippen LogP contribution >= 0.6 is 15.6 Å². The molecule has 0 aromatic heterocycles. The van der Waals surface area contributed by atoms with Crippen molar-refractivity contribution in [2.45, 2.75) is 433 Å². The first kappa shape index (κ1) is 97.1. The molecule has 0 bridgehead atoms. The maximum absolute atomic E-state index is 13.1. The van der Waals surface area contributed by atoms with Gasteiger partial charge in [-0.05, 0) is 43.4 Å². The zero-order chi connectivity index (χ0) is 73.0. The van der Waals surface area contributed by atoms with E-state index in [1.807, 2.05) is 0 Å². The predicted octanol–water partition coefficient (Wildman–Crippen LogP) is 23.7. The zero-order valence-electron chi connectivity index (χ0n) is 65.0. The molecule has 0 spiro atoms. The van der Waals surface area contributed by atoms with E-state index in [1.165, 1.54) is 225 Å². The van der Waals surface area contributed by atoms with E-state index in [0.29, 0.717) is 25.7 Å². The first-order valence-electron chi connectivity index (χ1n) is 41.3. The van der Waals surface area contributed by atoms with E-state index in [0.717, 1.165) is 108 Å². The minimum Gasteiger partial charge on any atom is -0.462 e. The number of carbonyl (C=O) groups excluding carboxylic acids is 4. The van der Waals surface area contributed by atoms with Gasteiger partial charge in [0.05, 0.1) is 26.4 Å². The highest BCUT2D eigenvalue weighted by molar-refractivity contribution is 7.47. The molecule has 0 saturated carbocycles. The Kier molecular flexibility index (Phi) is 69.0. The Morgan fingerprint density at radius 1 is 0.273 bits per heavy atom. The van der Waals surface area contributed by atoms with Crippen molar-refractivity contribution in [2.75, 3.05) is 39.6 Å². The smallest absolute Gasteiger partial charge is 0.462 e. The van der Waals surface area contributed by atoms with Gasteiger partial charge in [-0.2, -0.15) is 0 Å². The first-order valence-corrected chi connectivity index (χ1v) is 44.3. The molecule has 0 fully saturated rings. The SMILES string of the molecule is CCCCCCCCCCCCCCCC(=O)OC[C@H](COP(=O)(O)OC[C@H](O)COP(=O)(O)OC[C@@H](COC(=O)CCCCCCCCCCCCCCC(C)C)OC(=O)CCCCCCCCCCCCCCCCC(C)C)OC(=O)CCCCCCCCCCCCCC(C)C. The molecule has 17 nitrogen and oxygen atoms in total. The van der Waals surface area contributed by atoms with Gasteiger partial charge in [0.1, 0.15) is 19.3 Å². The maximum Gasteiger partial charge on any atom is 0.472 e. The molecule has 2 unspecified atom stereocenters. The fourth-order valence-electron chi connectivity index (χ4n) is 12.3. The van der Waals surface area contributed by atoms with Gasteiger partial charge in [0.2, 0.25) is 0 Å². The number of hydrogen-bond acceptors (Lipinski definition) is 15. The van der Waals surface area contributed by atoms with Crippen molar-refractivity contribution in [3.8, 4) is 0 Å². The van der Waals surface area contributed by atoms with Crippen LogP contribution in [0.5, 0.6) is 0 Å². The Morgan fingerprint density at radius 2 is 0.465 bits per heavy atom. The third-order valence-corrected chi connectivity index (χ3v) is 20.5. The topological polar surface area (TPSA) is 237 Å². The van der Waals surface area contributed by atoms with E-state index in [4.69, 9.17) is 37.0 Å². The third kappa shape index (κ3) is 74.1. The van der Waals surface area contributed by atoms with Crippen LogP contribution in [0.15, 0.2) is 0 Å². The predicted molar refractivity (Wildman–Crippen MR) is 405 cm³/mol. The maximum atomic E-state index is 13.1. The van der Waals surface area contributed by atoms with E-state index in [1.54, 1.807) is 0 Å². The Hall–Kier alpha value is -1.94. The molecule has 0 saturated heterocycles. The number of phosphoric ester groups is 2. The number of aliphatic hydroxyl groups is 1. The van der Waals surface area contributed by atoms with Gasteiger partial charge in [0.25, 0.3) is 0 Å². The van der Waals surface area contributed by atoms with Crippen molar-refractivity contribution in [3.05, 3.63) is 0 Å². The number of hydrogen-bond donors (Lipinski definition) is 3. The van der Waals surface area contributed by atoms with E-state index in [-0.39, 0.29) is 25.7 Å². The lowest BCUT2D eigenvalue weighted by Crippen LogP contribution is -2.30. The molecule has 588 valence electrons.